The molecule has 7 nitrogen and oxygen atoms in total. The van der Waals surface area contributed by atoms with Gasteiger partial charge in [-0.3, -0.25) is 4.79 Å². The number of nitrogens with zero attached hydrogens (tertiary/aromatic N) is 4. The number of carbonyl (C=O) groups excluding carboxylic acids is 1. The van der Waals surface area contributed by atoms with Gasteiger partial charge in [0.05, 0.1) is 5.69 Å². The number of amides is 1. The van der Waals surface area contributed by atoms with Crippen molar-refractivity contribution in [1.82, 2.24) is 30.8 Å². The van der Waals surface area contributed by atoms with Gasteiger partial charge in [0.15, 0.2) is 0 Å². The summed E-state index contributed by atoms with van der Waals surface area (Å²) >= 11 is 0. The van der Waals surface area contributed by atoms with Gasteiger partial charge in [0.2, 0.25) is 0 Å². The Kier molecular flexibility index (Phi) is 3.20. The standard InChI is InChI=1S/C12H14N6O/c19-12(14-7-9-5-13-6-9)10-2-1-3-11(4-10)18-8-15-16-17-18/h1-4,8-9,13H,5-7H2,(H,14,19). The summed E-state index contributed by atoms with van der Waals surface area (Å²) in [6.45, 7) is 2.66. The molecule has 2 aromatic rings. The van der Waals surface area contributed by atoms with Crippen LogP contribution in [-0.2, 0) is 0 Å². The van der Waals surface area contributed by atoms with Gasteiger partial charge in [0.1, 0.15) is 6.33 Å². The molecule has 19 heavy (non-hydrogen) atoms. The molecule has 0 saturated carbocycles. The monoisotopic (exact) mass is 258 g/mol. The van der Waals surface area contributed by atoms with E-state index in [0.717, 1.165) is 18.8 Å². The van der Waals surface area contributed by atoms with Crippen LogP contribution >= 0.6 is 0 Å². The van der Waals surface area contributed by atoms with Crippen LogP contribution in [0.1, 0.15) is 10.4 Å². The maximum Gasteiger partial charge on any atom is 0.251 e. The highest BCUT2D eigenvalue weighted by Crippen LogP contribution is 2.09. The first kappa shape index (κ1) is 11.8. The maximum absolute atomic E-state index is 12.0. The van der Waals surface area contributed by atoms with Gasteiger partial charge < -0.3 is 10.6 Å². The molecule has 3 rings (SSSR count). The number of hydrogen-bond donors (Lipinski definition) is 2. The fraction of sp³-hybridized carbons (Fsp3) is 0.333. The van der Waals surface area contributed by atoms with Crippen molar-refractivity contribution in [3.05, 3.63) is 36.2 Å². The molecular formula is C12H14N6O. The molecule has 0 radical (unpaired) electrons. The largest absolute Gasteiger partial charge is 0.352 e. The van der Waals surface area contributed by atoms with Crippen molar-refractivity contribution in [2.75, 3.05) is 19.6 Å². The molecule has 2 heterocycles. The van der Waals surface area contributed by atoms with E-state index in [1.54, 1.807) is 12.1 Å². The van der Waals surface area contributed by atoms with Crippen molar-refractivity contribution < 1.29 is 4.79 Å². The third kappa shape index (κ3) is 2.60. The number of aromatic nitrogens is 4. The Hall–Kier alpha value is -2.28. The number of hydrogen-bond acceptors (Lipinski definition) is 5. The molecule has 1 aliphatic rings. The normalized spacial score (nSPS) is 14.9. The summed E-state index contributed by atoms with van der Waals surface area (Å²) in [5.74, 6) is 0.480. The first-order valence-corrected chi connectivity index (χ1v) is 6.15. The SMILES string of the molecule is O=C(NCC1CNC1)c1cccc(-n2cnnn2)c1. The second-order valence-electron chi connectivity index (χ2n) is 4.54. The summed E-state index contributed by atoms with van der Waals surface area (Å²) in [6.07, 6.45) is 1.50. The molecule has 0 aliphatic carbocycles. The summed E-state index contributed by atoms with van der Waals surface area (Å²) in [5, 5.41) is 17.1. The van der Waals surface area contributed by atoms with Crippen LogP contribution in [0.3, 0.4) is 0 Å². The van der Waals surface area contributed by atoms with Crippen LogP contribution in [0.5, 0.6) is 0 Å². The van der Waals surface area contributed by atoms with E-state index in [0.29, 0.717) is 18.0 Å². The molecule has 1 aliphatic heterocycles. The molecule has 0 atom stereocenters. The maximum atomic E-state index is 12.0. The zero-order valence-electron chi connectivity index (χ0n) is 10.3. The lowest BCUT2D eigenvalue weighted by Gasteiger charge is -2.27. The smallest absolute Gasteiger partial charge is 0.251 e. The highest BCUT2D eigenvalue weighted by Gasteiger charge is 2.17. The van der Waals surface area contributed by atoms with E-state index in [4.69, 9.17) is 0 Å². The van der Waals surface area contributed by atoms with Crippen molar-refractivity contribution in [3.63, 3.8) is 0 Å². The van der Waals surface area contributed by atoms with Gasteiger partial charge in [-0.05, 0) is 28.6 Å². The number of benzene rings is 1. The molecule has 2 N–H and O–H groups in total. The van der Waals surface area contributed by atoms with Crippen molar-refractivity contribution in [2.24, 2.45) is 5.92 Å². The van der Waals surface area contributed by atoms with Crippen LogP contribution in [-0.4, -0.2) is 45.7 Å². The number of rotatable bonds is 4. The van der Waals surface area contributed by atoms with Gasteiger partial charge in [0.25, 0.3) is 5.91 Å². The summed E-state index contributed by atoms with van der Waals surface area (Å²) in [4.78, 5) is 12.0. The highest BCUT2D eigenvalue weighted by atomic mass is 16.1. The number of nitrogens with one attached hydrogen (secondary N) is 2. The zero-order chi connectivity index (χ0) is 13.1. The molecule has 0 bridgehead atoms. The lowest BCUT2D eigenvalue weighted by molar-refractivity contribution is 0.0942. The Morgan fingerprint density at radius 2 is 2.37 bits per heavy atom. The van der Waals surface area contributed by atoms with Crippen LogP contribution in [0, 0.1) is 5.92 Å². The Morgan fingerprint density at radius 1 is 1.47 bits per heavy atom. The second kappa shape index (κ2) is 5.15. The minimum absolute atomic E-state index is 0.0678. The Morgan fingerprint density at radius 3 is 3.05 bits per heavy atom. The Labute approximate surface area is 110 Å². The molecule has 1 aromatic carbocycles. The van der Waals surface area contributed by atoms with Crippen LogP contribution < -0.4 is 10.6 Å². The number of tetrazole rings is 1. The van der Waals surface area contributed by atoms with E-state index in [2.05, 4.69) is 26.2 Å². The topological polar surface area (TPSA) is 84.7 Å². The average molecular weight is 258 g/mol. The molecule has 0 spiro atoms. The van der Waals surface area contributed by atoms with Gasteiger partial charge in [-0.1, -0.05) is 6.07 Å². The summed E-state index contributed by atoms with van der Waals surface area (Å²) in [6, 6.07) is 7.22. The summed E-state index contributed by atoms with van der Waals surface area (Å²) in [5.41, 5.74) is 1.38. The highest BCUT2D eigenvalue weighted by molar-refractivity contribution is 5.94. The zero-order valence-corrected chi connectivity index (χ0v) is 10.3. The third-order valence-electron chi connectivity index (χ3n) is 3.14. The molecule has 1 amide bonds. The second-order valence-corrected chi connectivity index (χ2v) is 4.54. The van der Waals surface area contributed by atoms with E-state index in [1.807, 2.05) is 12.1 Å². The number of carbonyl (C=O) groups is 1. The van der Waals surface area contributed by atoms with Crippen molar-refractivity contribution >= 4 is 5.91 Å². The quantitative estimate of drug-likeness (QED) is 0.780. The van der Waals surface area contributed by atoms with Gasteiger partial charge in [-0.15, -0.1) is 5.10 Å². The minimum atomic E-state index is -0.0678. The van der Waals surface area contributed by atoms with Gasteiger partial charge in [-0.2, -0.15) is 0 Å². The molecule has 1 saturated heterocycles. The Balaban J connectivity index is 1.69. The van der Waals surface area contributed by atoms with Crippen LogP contribution in [0.25, 0.3) is 5.69 Å². The Bertz CT molecular complexity index is 563. The van der Waals surface area contributed by atoms with Crippen LogP contribution in [0.4, 0.5) is 0 Å². The molecule has 1 aromatic heterocycles. The molecule has 0 unspecified atom stereocenters. The fourth-order valence-electron chi connectivity index (χ4n) is 1.90. The van der Waals surface area contributed by atoms with Crippen molar-refractivity contribution in [1.29, 1.82) is 0 Å². The predicted molar refractivity (Wildman–Crippen MR) is 67.8 cm³/mol. The molecule has 98 valence electrons. The third-order valence-corrected chi connectivity index (χ3v) is 3.14. The van der Waals surface area contributed by atoms with Crippen molar-refractivity contribution in [2.45, 2.75) is 0 Å². The minimum Gasteiger partial charge on any atom is -0.352 e. The van der Waals surface area contributed by atoms with Crippen LogP contribution in [0.2, 0.25) is 0 Å². The fourth-order valence-corrected chi connectivity index (χ4v) is 1.90. The summed E-state index contributed by atoms with van der Waals surface area (Å²) in [7, 11) is 0. The van der Waals surface area contributed by atoms with Crippen LogP contribution in [0.15, 0.2) is 30.6 Å². The van der Waals surface area contributed by atoms with E-state index < -0.39 is 0 Å². The predicted octanol–water partition coefficient (Wildman–Crippen LogP) is -0.389. The first-order valence-electron chi connectivity index (χ1n) is 6.15. The molecule has 7 heteroatoms. The van der Waals surface area contributed by atoms with Gasteiger partial charge >= 0.3 is 0 Å². The molecule has 1 fully saturated rings. The average Bonchev–Trinajstić information content (AvgIpc) is 2.91. The first-order chi connectivity index (χ1) is 9.33. The lowest BCUT2D eigenvalue weighted by Crippen LogP contribution is -2.48. The van der Waals surface area contributed by atoms with Gasteiger partial charge in [0, 0.05) is 31.1 Å². The van der Waals surface area contributed by atoms with E-state index in [-0.39, 0.29) is 5.91 Å². The molecular weight excluding hydrogens is 244 g/mol. The lowest BCUT2D eigenvalue weighted by atomic mass is 10.0. The van der Waals surface area contributed by atoms with Gasteiger partial charge in [-0.25, -0.2) is 4.68 Å². The summed E-state index contributed by atoms with van der Waals surface area (Å²) < 4.78 is 1.52. The van der Waals surface area contributed by atoms with E-state index in [9.17, 15) is 4.79 Å². The van der Waals surface area contributed by atoms with Crippen molar-refractivity contribution in [3.8, 4) is 5.69 Å². The van der Waals surface area contributed by atoms with E-state index >= 15 is 0 Å². The van der Waals surface area contributed by atoms with E-state index in [1.165, 1.54) is 11.0 Å².